The molecule has 0 aromatic carbocycles. The summed E-state index contributed by atoms with van der Waals surface area (Å²) in [5.41, 5.74) is 1.33. The highest BCUT2D eigenvalue weighted by molar-refractivity contribution is 5.80. The minimum Gasteiger partial charge on any atom is -0.444 e. The molecule has 2 aromatic rings. The normalized spacial score (nSPS) is 11.5. The molecule has 2 rings (SSSR count). The summed E-state index contributed by atoms with van der Waals surface area (Å²) >= 11 is 0. The maximum atomic E-state index is 11.5. The number of rotatable bonds is 2. The number of carbonyl (C=O) groups excluding carboxylic acids is 1. The topological polar surface area (TPSA) is 67.0 Å². The number of aromatic nitrogens is 2. The van der Waals surface area contributed by atoms with Crippen molar-refractivity contribution in [1.29, 1.82) is 0 Å². The van der Waals surface area contributed by atoms with Crippen molar-refractivity contribution in [2.24, 2.45) is 0 Å². The zero-order valence-electron chi connectivity index (χ0n) is 10.8. The molecule has 0 aliphatic rings. The molecule has 0 atom stereocenters. The number of amides is 1. The first kappa shape index (κ1) is 12.4. The lowest BCUT2D eigenvalue weighted by molar-refractivity contribution is 0.0524. The van der Waals surface area contributed by atoms with Crippen LogP contribution in [0.5, 0.6) is 0 Å². The number of alkyl carbamates (subject to hydrolysis) is 1. The Balaban J connectivity index is 2.00. The summed E-state index contributed by atoms with van der Waals surface area (Å²) in [5.74, 6) is 0. The van der Waals surface area contributed by atoms with Gasteiger partial charge in [0.05, 0.1) is 0 Å². The van der Waals surface area contributed by atoms with Gasteiger partial charge in [0, 0.05) is 24.3 Å². The molecule has 0 aliphatic heterocycles. The number of H-pyrrole nitrogens is 1. The van der Waals surface area contributed by atoms with Gasteiger partial charge >= 0.3 is 6.09 Å². The van der Waals surface area contributed by atoms with E-state index in [0.717, 1.165) is 16.6 Å². The fraction of sp³-hybridized carbons (Fsp3) is 0.385. The van der Waals surface area contributed by atoms with E-state index in [1.54, 1.807) is 6.20 Å². The summed E-state index contributed by atoms with van der Waals surface area (Å²) in [6, 6.07) is 3.83. The standard InChI is InChI=1S/C13H17N3O2/c1-13(2,3)18-12(17)16-8-9-7-15-11-10(9)5-4-6-14-11/h4-7H,8H2,1-3H3,(H,14,15)(H,16,17). The smallest absolute Gasteiger partial charge is 0.407 e. The summed E-state index contributed by atoms with van der Waals surface area (Å²) < 4.78 is 5.17. The minimum absolute atomic E-state index is 0.416. The fourth-order valence-electron chi connectivity index (χ4n) is 1.64. The molecule has 0 bridgehead atoms. The van der Waals surface area contributed by atoms with Crippen LogP contribution in [0.4, 0.5) is 4.79 Å². The van der Waals surface area contributed by atoms with Crippen molar-refractivity contribution >= 4 is 17.1 Å². The number of carbonyl (C=O) groups is 1. The Morgan fingerprint density at radius 3 is 3.00 bits per heavy atom. The maximum absolute atomic E-state index is 11.5. The van der Waals surface area contributed by atoms with E-state index < -0.39 is 11.7 Å². The van der Waals surface area contributed by atoms with Crippen LogP contribution in [0.2, 0.25) is 0 Å². The molecule has 2 heterocycles. The summed E-state index contributed by atoms with van der Waals surface area (Å²) in [4.78, 5) is 18.8. The van der Waals surface area contributed by atoms with Crippen molar-refractivity contribution in [2.75, 3.05) is 0 Å². The summed E-state index contributed by atoms with van der Waals surface area (Å²) in [7, 11) is 0. The maximum Gasteiger partial charge on any atom is 0.407 e. The Hall–Kier alpha value is -2.04. The molecule has 96 valence electrons. The molecule has 2 N–H and O–H groups in total. The molecular weight excluding hydrogens is 230 g/mol. The largest absolute Gasteiger partial charge is 0.444 e. The van der Waals surface area contributed by atoms with Gasteiger partial charge in [-0.15, -0.1) is 0 Å². The van der Waals surface area contributed by atoms with Crippen molar-refractivity contribution in [2.45, 2.75) is 32.9 Å². The number of nitrogens with zero attached hydrogens (tertiary/aromatic N) is 1. The Morgan fingerprint density at radius 2 is 2.28 bits per heavy atom. The summed E-state index contributed by atoms with van der Waals surface area (Å²) in [6.45, 7) is 5.92. The second kappa shape index (κ2) is 4.68. The average molecular weight is 247 g/mol. The molecule has 0 radical (unpaired) electrons. The Kier molecular flexibility index (Phi) is 3.23. The van der Waals surface area contributed by atoms with Gasteiger partial charge in [-0.2, -0.15) is 0 Å². The number of ether oxygens (including phenoxy) is 1. The van der Waals surface area contributed by atoms with Crippen molar-refractivity contribution in [3.8, 4) is 0 Å². The third-order valence-corrected chi connectivity index (χ3v) is 2.36. The van der Waals surface area contributed by atoms with Crippen LogP contribution in [0.15, 0.2) is 24.5 Å². The molecule has 5 nitrogen and oxygen atoms in total. The van der Waals surface area contributed by atoms with Crippen LogP contribution in [-0.4, -0.2) is 21.7 Å². The average Bonchev–Trinajstić information content (AvgIpc) is 2.67. The second-order valence-electron chi connectivity index (χ2n) is 5.07. The molecule has 0 unspecified atom stereocenters. The van der Waals surface area contributed by atoms with Gasteiger partial charge in [0.25, 0.3) is 0 Å². The van der Waals surface area contributed by atoms with Crippen molar-refractivity contribution in [1.82, 2.24) is 15.3 Å². The molecule has 18 heavy (non-hydrogen) atoms. The quantitative estimate of drug-likeness (QED) is 0.857. The lowest BCUT2D eigenvalue weighted by Crippen LogP contribution is -2.32. The van der Waals surface area contributed by atoms with Crippen molar-refractivity contribution < 1.29 is 9.53 Å². The lowest BCUT2D eigenvalue weighted by atomic mass is 10.2. The highest BCUT2D eigenvalue weighted by Crippen LogP contribution is 2.15. The van der Waals surface area contributed by atoms with Crippen LogP contribution in [0, 0.1) is 0 Å². The fourth-order valence-corrected chi connectivity index (χ4v) is 1.64. The number of hydrogen-bond acceptors (Lipinski definition) is 3. The summed E-state index contributed by atoms with van der Waals surface area (Å²) in [6.07, 6.45) is 3.15. The highest BCUT2D eigenvalue weighted by Gasteiger charge is 2.16. The van der Waals surface area contributed by atoms with Gasteiger partial charge in [0.2, 0.25) is 0 Å². The molecule has 1 amide bonds. The van der Waals surface area contributed by atoms with Gasteiger partial charge in [-0.25, -0.2) is 9.78 Å². The first-order chi connectivity index (χ1) is 8.46. The van der Waals surface area contributed by atoms with E-state index in [2.05, 4.69) is 15.3 Å². The van der Waals surface area contributed by atoms with E-state index in [9.17, 15) is 4.79 Å². The number of pyridine rings is 1. The number of nitrogens with one attached hydrogen (secondary N) is 2. The lowest BCUT2D eigenvalue weighted by Gasteiger charge is -2.19. The SMILES string of the molecule is CC(C)(C)OC(=O)NCc1c[nH]c2ncccc12. The van der Waals surface area contributed by atoms with Gasteiger partial charge in [-0.05, 0) is 38.5 Å². The monoisotopic (exact) mass is 247 g/mol. The first-order valence-electron chi connectivity index (χ1n) is 5.83. The Bertz CT molecular complexity index is 555. The Morgan fingerprint density at radius 1 is 1.50 bits per heavy atom. The van der Waals surface area contributed by atoms with E-state index in [-0.39, 0.29) is 0 Å². The van der Waals surface area contributed by atoms with E-state index in [1.165, 1.54) is 0 Å². The van der Waals surface area contributed by atoms with Gasteiger partial charge < -0.3 is 15.0 Å². The zero-order valence-corrected chi connectivity index (χ0v) is 10.8. The van der Waals surface area contributed by atoms with Crippen LogP contribution >= 0.6 is 0 Å². The number of aromatic amines is 1. The van der Waals surface area contributed by atoms with Crippen molar-refractivity contribution in [3.05, 3.63) is 30.1 Å². The van der Waals surface area contributed by atoms with E-state index in [1.807, 2.05) is 39.1 Å². The molecule has 2 aromatic heterocycles. The number of hydrogen-bond donors (Lipinski definition) is 2. The summed E-state index contributed by atoms with van der Waals surface area (Å²) in [5, 5.41) is 3.73. The molecule has 0 saturated carbocycles. The third-order valence-electron chi connectivity index (χ3n) is 2.36. The predicted molar refractivity (Wildman–Crippen MR) is 69.2 cm³/mol. The zero-order chi connectivity index (χ0) is 13.2. The van der Waals surface area contributed by atoms with E-state index >= 15 is 0 Å². The van der Waals surface area contributed by atoms with Crippen molar-refractivity contribution in [3.63, 3.8) is 0 Å². The van der Waals surface area contributed by atoms with Crippen LogP contribution in [0.25, 0.3) is 11.0 Å². The molecule has 0 saturated heterocycles. The van der Waals surface area contributed by atoms with Gasteiger partial charge in [-0.3, -0.25) is 0 Å². The molecule has 5 heteroatoms. The molecular formula is C13H17N3O2. The Labute approximate surface area is 106 Å². The van der Waals surface area contributed by atoms with Gasteiger partial charge in [0.15, 0.2) is 0 Å². The second-order valence-corrected chi connectivity index (χ2v) is 5.07. The first-order valence-corrected chi connectivity index (χ1v) is 5.83. The van der Waals surface area contributed by atoms with E-state index in [0.29, 0.717) is 6.54 Å². The third kappa shape index (κ3) is 3.00. The number of fused-ring (bicyclic) bond motifs is 1. The van der Waals surface area contributed by atoms with Crippen LogP contribution in [0.3, 0.4) is 0 Å². The van der Waals surface area contributed by atoms with Gasteiger partial charge in [0.1, 0.15) is 11.2 Å². The highest BCUT2D eigenvalue weighted by atomic mass is 16.6. The molecule has 0 aliphatic carbocycles. The van der Waals surface area contributed by atoms with E-state index in [4.69, 9.17) is 4.74 Å². The van der Waals surface area contributed by atoms with Crippen LogP contribution in [0.1, 0.15) is 26.3 Å². The van der Waals surface area contributed by atoms with Crippen LogP contribution in [-0.2, 0) is 11.3 Å². The molecule has 0 fully saturated rings. The van der Waals surface area contributed by atoms with Crippen LogP contribution < -0.4 is 5.32 Å². The van der Waals surface area contributed by atoms with Gasteiger partial charge in [-0.1, -0.05) is 0 Å². The minimum atomic E-state index is -0.480. The molecule has 0 spiro atoms. The predicted octanol–water partition coefficient (Wildman–Crippen LogP) is 2.59.